The normalized spacial score (nSPS) is 18.3. The van der Waals surface area contributed by atoms with Crippen LogP contribution in [0.3, 0.4) is 0 Å². The SMILES string of the molecule is CCC(=O)N[C@H](CCC(Cl)Cl)C(=O)N1C(=O)C=C(OC)[C@H]1CCC(Cl)Cl. The molecule has 1 aliphatic rings. The van der Waals surface area contributed by atoms with E-state index in [-0.39, 0.29) is 25.2 Å². The Morgan fingerprint density at radius 3 is 2.31 bits per heavy atom. The fourth-order valence-electron chi connectivity index (χ4n) is 2.59. The van der Waals surface area contributed by atoms with E-state index >= 15 is 0 Å². The van der Waals surface area contributed by atoms with Crippen LogP contribution >= 0.6 is 46.4 Å². The van der Waals surface area contributed by atoms with Crippen molar-refractivity contribution in [2.24, 2.45) is 0 Å². The fraction of sp³-hybridized carbons (Fsp3) is 0.688. The average Bonchev–Trinajstić information content (AvgIpc) is 2.90. The smallest absolute Gasteiger partial charge is 0.257 e. The molecule has 3 amide bonds. The Morgan fingerprint density at radius 1 is 1.19 bits per heavy atom. The molecule has 0 saturated heterocycles. The summed E-state index contributed by atoms with van der Waals surface area (Å²) in [6.07, 6.45) is 2.65. The number of carbonyl (C=O) groups is 3. The van der Waals surface area contributed by atoms with Gasteiger partial charge in [0.25, 0.3) is 11.8 Å². The van der Waals surface area contributed by atoms with Crippen molar-refractivity contribution < 1.29 is 19.1 Å². The molecule has 0 radical (unpaired) electrons. The van der Waals surface area contributed by atoms with Crippen LogP contribution in [-0.2, 0) is 19.1 Å². The number of methoxy groups -OCH3 is 1. The van der Waals surface area contributed by atoms with E-state index in [1.54, 1.807) is 6.92 Å². The molecule has 0 aromatic rings. The Labute approximate surface area is 173 Å². The maximum Gasteiger partial charge on any atom is 0.257 e. The van der Waals surface area contributed by atoms with E-state index in [0.29, 0.717) is 18.6 Å². The van der Waals surface area contributed by atoms with Gasteiger partial charge in [0.2, 0.25) is 5.91 Å². The first-order valence-electron chi connectivity index (χ1n) is 8.19. The molecule has 1 heterocycles. The molecule has 0 aliphatic carbocycles. The van der Waals surface area contributed by atoms with Gasteiger partial charge in [-0.3, -0.25) is 19.3 Å². The fourth-order valence-corrected chi connectivity index (χ4v) is 3.10. The molecule has 0 fully saturated rings. The Hall–Kier alpha value is -0.690. The number of alkyl halides is 4. The predicted octanol–water partition coefficient (Wildman–Crippen LogP) is 3.32. The van der Waals surface area contributed by atoms with Gasteiger partial charge < -0.3 is 10.1 Å². The molecule has 10 heteroatoms. The largest absolute Gasteiger partial charge is 0.499 e. The first kappa shape index (κ1) is 23.3. The maximum atomic E-state index is 13.0. The van der Waals surface area contributed by atoms with E-state index in [1.807, 2.05) is 0 Å². The van der Waals surface area contributed by atoms with Crippen molar-refractivity contribution >= 4 is 64.1 Å². The summed E-state index contributed by atoms with van der Waals surface area (Å²) < 4.78 is 5.22. The van der Waals surface area contributed by atoms with Gasteiger partial charge in [-0.1, -0.05) is 6.92 Å². The van der Waals surface area contributed by atoms with E-state index < -0.39 is 33.6 Å². The number of carbonyl (C=O) groups excluding carboxylic acids is 3. The first-order valence-corrected chi connectivity index (χ1v) is 9.94. The highest BCUT2D eigenvalue weighted by Gasteiger charge is 2.41. The third-order valence-corrected chi connectivity index (χ3v) is 4.78. The van der Waals surface area contributed by atoms with Crippen LogP contribution in [0.25, 0.3) is 0 Å². The van der Waals surface area contributed by atoms with Gasteiger partial charge in [0.1, 0.15) is 21.5 Å². The number of nitrogens with zero attached hydrogens (tertiary/aromatic N) is 1. The molecule has 26 heavy (non-hydrogen) atoms. The van der Waals surface area contributed by atoms with Gasteiger partial charge in [-0.15, -0.1) is 46.4 Å². The van der Waals surface area contributed by atoms with Crippen LogP contribution < -0.4 is 5.32 Å². The second kappa shape index (κ2) is 11.2. The Morgan fingerprint density at radius 2 is 1.81 bits per heavy atom. The lowest BCUT2D eigenvalue weighted by atomic mass is 10.1. The molecule has 0 bridgehead atoms. The number of nitrogens with one attached hydrogen (secondary N) is 1. The third kappa shape index (κ3) is 6.80. The zero-order valence-electron chi connectivity index (χ0n) is 14.5. The molecule has 2 atom stereocenters. The van der Waals surface area contributed by atoms with E-state index in [1.165, 1.54) is 13.2 Å². The molecule has 0 aromatic heterocycles. The van der Waals surface area contributed by atoms with Gasteiger partial charge in [-0.2, -0.15) is 0 Å². The van der Waals surface area contributed by atoms with Crippen molar-refractivity contribution in [3.05, 3.63) is 11.8 Å². The van der Waals surface area contributed by atoms with E-state index in [0.717, 1.165) is 4.90 Å². The lowest BCUT2D eigenvalue weighted by Crippen LogP contribution is -2.52. The van der Waals surface area contributed by atoms with Crippen LogP contribution in [0.2, 0.25) is 0 Å². The summed E-state index contributed by atoms with van der Waals surface area (Å²) in [7, 11) is 1.42. The van der Waals surface area contributed by atoms with Crippen molar-refractivity contribution in [1.29, 1.82) is 0 Å². The molecular weight excluding hydrogens is 426 g/mol. The molecule has 6 nitrogen and oxygen atoms in total. The molecule has 1 rings (SSSR count). The van der Waals surface area contributed by atoms with Gasteiger partial charge in [0.05, 0.1) is 13.2 Å². The monoisotopic (exact) mass is 446 g/mol. The topological polar surface area (TPSA) is 75.7 Å². The summed E-state index contributed by atoms with van der Waals surface area (Å²) in [6.45, 7) is 1.66. The lowest BCUT2D eigenvalue weighted by Gasteiger charge is -2.29. The number of rotatable bonds is 10. The lowest BCUT2D eigenvalue weighted by molar-refractivity contribution is -0.146. The number of imide groups is 1. The third-order valence-electron chi connectivity index (χ3n) is 3.90. The molecular formula is C16H22Cl4N2O4. The minimum atomic E-state index is -0.915. The molecule has 1 N–H and O–H groups in total. The van der Waals surface area contributed by atoms with E-state index in [9.17, 15) is 14.4 Å². The molecule has 0 saturated carbocycles. The predicted molar refractivity (Wildman–Crippen MR) is 102 cm³/mol. The minimum Gasteiger partial charge on any atom is -0.499 e. The standard InChI is InChI=1S/C16H22Cl4N2O4/c1-3-14(23)21-9(4-6-12(17)18)16(25)22-10(5-7-13(19)20)11(26-2)8-15(22)24/h8-10,12-13H,3-7H2,1-2H3,(H,21,23)/t9-,10-/m1/s1. The van der Waals surface area contributed by atoms with Crippen LogP contribution in [0, 0.1) is 0 Å². The summed E-state index contributed by atoms with van der Waals surface area (Å²) in [6, 6.07) is -1.54. The Balaban J connectivity index is 3.00. The molecule has 0 unspecified atom stereocenters. The van der Waals surface area contributed by atoms with Gasteiger partial charge in [0.15, 0.2) is 0 Å². The summed E-state index contributed by atoms with van der Waals surface area (Å²) in [4.78, 5) is 36.9. The molecule has 0 spiro atoms. The highest BCUT2D eigenvalue weighted by atomic mass is 35.5. The van der Waals surface area contributed by atoms with Gasteiger partial charge >= 0.3 is 0 Å². The van der Waals surface area contributed by atoms with Crippen LogP contribution in [0.5, 0.6) is 0 Å². The van der Waals surface area contributed by atoms with Crippen molar-refractivity contribution in [2.45, 2.75) is 60.8 Å². The second-order valence-corrected chi connectivity index (χ2v) is 8.28. The van der Waals surface area contributed by atoms with E-state index in [2.05, 4.69) is 5.32 Å². The van der Waals surface area contributed by atoms with Crippen molar-refractivity contribution in [1.82, 2.24) is 10.2 Å². The maximum absolute atomic E-state index is 13.0. The molecule has 148 valence electrons. The average molecular weight is 448 g/mol. The zero-order valence-corrected chi connectivity index (χ0v) is 17.5. The minimum absolute atomic E-state index is 0.202. The quantitative estimate of drug-likeness (QED) is 0.521. The van der Waals surface area contributed by atoms with Crippen LogP contribution in [0.1, 0.15) is 39.0 Å². The summed E-state index contributed by atoms with van der Waals surface area (Å²) in [5.74, 6) is -1.01. The summed E-state index contributed by atoms with van der Waals surface area (Å²) >= 11 is 23.0. The number of ether oxygens (including phenoxy) is 1. The number of hydrogen-bond donors (Lipinski definition) is 1. The van der Waals surface area contributed by atoms with Crippen LogP contribution in [-0.4, -0.2) is 51.5 Å². The summed E-state index contributed by atoms with van der Waals surface area (Å²) in [5, 5.41) is 2.62. The number of hydrogen-bond acceptors (Lipinski definition) is 4. The number of halogens is 4. The van der Waals surface area contributed by atoms with E-state index in [4.69, 9.17) is 51.1 Å². The van der Waals surface area contributed by atoms with Gasteiger partial charge in [0, 0.05) is 12.5 Å². The van der Waals surface area contributed by atoms with Crippen molar-refractivity contribution in [3.63, 3.8) is 0 Å². The second-order valence-electron chi connectivity index (χ2n) is 5.72. The highest BCUT2D eigenvalue weighted by molar-refractivity contribution is 6.44. The van der Waals surface area contributed by atoms with Gasteiger partial charge in [-0.05, 0) is 25.7 Å². The molecule has 0 aromatic carbocycles. The Bertz CT molecular complexity index is 554. The van der Waals surface area contributed by atoms with Crippen molar-refractivity contribution in [3.8, 4) is 0 Å². The van der Waals surface area contributed by atoms with Crippen molar-refractivity contribution in [2.75, 3.05) is 7.11 Å². The zero-order chi connectivity index (χ0) is 19.9. The number of amides is 3. The molecule has 1 aliphatic heterocycles. The van der Waals surface area contributed by atoms with Crippen LogP contribution in [0.15, 0.2) is 11.8 Å². The highest BCUT2D eigenvalue weighted by Crippen LogP contribution is 2.28. The first-order chi connectivity index (χ1) is 12.2. The van der Waals surface area contributed by atoms with Gasteiger partial charge in [-0.25, -0.2) is 0 Å². The Kier molecular flexibility index (Phi) is 10.1. The van der Waals surface area contributed by atoms with Crippen LogP contribution in [0.4, 0.5) is 0 Å². The summed E-state index contributed by atoms with van der Waals surface area (Å²) in [5.41, 5.74) is 0.